The molecule has 66 valence electrons. The summed E-state index contributed by atoms with van der Waals surface area (Å²) in [5.74, 6) is -0.469. The van der Waals surface area contributed by atoms with E-state index >= 15 is 0 Å². The third-order valence-corrected chi connectivity index (χ3v) is 1.40. The fourth-order valence-corrected chi connectivity index (χ4v) is 0.712. The molecule has 0 aromatic heterocycles. The van der Waals surface area contributed by atoms with E-state index in [-0.39, 0.29) is 19.4 Å². The van der Waals surface area contributed by atoms with Crippen LogP contribution in [0.25, 0.3) is 0 Å². The molecular formula is C7H14O4. The number of aliphatic hydroxyl groups excluding tert-OH is 1. The number of rotatable bonds is 4. The van der Waals surface area contributed by atoms with E-state index in [1.807, 2.05) is 0 Å². The number of carbonyl (C=O) groups is 1. The van der Waals surface area contributed by atoms with Crippen LogP contribution in [0.4, 0.5) is 0 Å². The zero-order valence-corrected chi connectivity index (χ0v) is 6.83. The van der Waals surface area contributed by atoms with Crippen LogP contribution >= 0.6 is 0 Å². The van der Waals surface area contributed by atoms with Crippen molar-refractivity contribution in [1.29, 1.82) is 0 Å². The maximum atomic E-state index is 10.6. The van der Waals surface area contributed by atoms with Crippen molar-refractivity contribution in [2.45, 2.75) is 25.4 Å². The first kappa shape index (κ1) is 10.4. The van der Waals surface area contributed by atoms with Crippen molar-refractivity contribution in [1.82, 2.24) is 0 Å². The number of methoxy groups -OCH3 is 1. The Hall–Kier alpha value is -0.610. The largest absolute Gasteiger partial charge is 0.469 e. The molecule has 0 aromatic rings. The molecule has 0 aromatic carbocycles. The highest BCUT2D eigenvalue weighted by molar-refractivity contribution is 5.70. The van der Waals surface area contributed by atoms with Gasteiger partial charge in [-0.2, -0.15) is 0 Å². The zero-order valence-electron chi connectivity index (χ0n) is 6.83. The number of esters is 1. The summed E-state index contributed by atoms with van der Waals surface area (Å²) in [4.78, 5) is 10.6. The predicted octanol–water partition coefficient (Wildman–Crippen LogP) is -0.317. The van der Waals surface area contributed by atoms with E-state index in [1.54, 1.807) is 0 Å². The van der Waals surface area contributed by atoms with Gasteiger partial charge in [0.05, 0.1) is 19.1 Å². The average Bonchev–Trinajstić information content (AvgIpc) is 1.86. The molecule has 0 bridgehead atoms. The van der Waals surface area contributed by atoms with Gasteiger partial charge in [0, 0.05) is 6.61 Å². The smallest absolute Gasteiger partial charge is 0.308 e. The van der Waals surface area contributed by atoms with E-state index < -0.39 is 11.6 Å². The molecule has 4 heteroatoms. The predicted molar refractivity (Wildman–Crippen MR) is 39.0 cm³/mol. The van der Waals surface area contributed by atoms with Crippen molar-refractivity contribution in [2.75, 3.05) is 13.7 Å². The molecule has 0 amide bonds. The van der Waals surface area contributed by atoms with E-state index in [1.165, 1.54) is 14.0 Å². The summed E-state index contributed by atoms with van der Waals surface area (Å²) in [5, 5.41) is 17.8. The van der Waals surface area contributed by atoms with Crippen LogP contribution in [0.2, 0.25) is 0 Å². The quantitative estimate of drug-likeness (QED) is 0.556. The number of hydrogen-bond donors (Lipinski definition) is 2. The van der Waals surface area contributed by atoms with Crippen LogP contribution in [0, 0.1) is 0 Å². The Morgan fingerprint density at radius 3 is 2.55 bits per heavy atom. The molecule has 4 nitrogen and oxygen atoms in total. The van der Waals surface area contributed by atoms with Gasteiger partial charge in [0.2, 0.25) is 0 Å². The van der Waals surface area contributed by atoms with Crippen molar-refractivity contribution in [3.8, 4) is 0 Å². The van der Waals surface area contributed by atoms with Gasteiger partial charge in [-0.25, -0.2) is 0 Å². The molecular weight excluding hydrogens is 148 g/mol. The summed E-state index contributed by atoms with van der Waals surface area (Å²) in [6.45, 7) is 1.35. The molecule has 11 heavy (non-hydrogen) atoms. The lowest BCUT2D eigenvalue weighted by atomic mass is 9.99. The van der Waals surface area contributed by atoms with Gasteiger partial charge in [-0.15, -0.1) is 0 Å². The highest BCUT2D eigenvalue weighted by Gasteiger charge is 2.23. The van der Waals surface area contributed by atoms with Crippen molar-refractivity contribution < 1.29 is 19.7 Å². The highest BCUT2D eigenvalue weighted by Crippen LogP contribution is 2.13. The molecule has 1 atom stereocenters. The highest BCUT2D eigenvalue weighted by atomic mass is 16.5. The molecule has 0 radical (unpaired) electrons. The molecule has 0 heterocycles. The van der Waals surface area contributed by atoms with E-state index in [0.717, 1.165) is 0 Å². The van der Waals surface area contributed by atoms with Gasteiger partial charge < -0.3 is 14.9 Å². The Morgan fingerprint density at radius 2 is 2.18 bits per heavy atom. The van der Waals surface area contributed by atoms with E-state index in [9.17, 15) is 9.90 Å². The van der Waals surface area contributed by atoms with Gasteiger partial charge in [0.25, 0.3) is 0 Å². The maximum Gasteiger partial charge on any atom is 0.308 e. The molecule has 0 saturated carbocycles. The van der Waals surface area contributed by atoms with Crippen molar-refractivity contribution in [3.63, 3.8) is 0 Å². The Labute approximate surface area is 65.8 Å². The normalized spacial score (nSPS) is 15.6. The first-order chi connectivity index (χ1) is 5.02. The van der Waals surface area contributed by atoms with Gasteiger partial charge in [0.1, 0.15) is 0 Å². The summed E-state index contributed by atoms with van der Waals surface area (Å²) >= 11 is 0. The lowest BCUT2D eigenvalue weighted by Gasteiger charge is -2.19. The van der Waals surface area contributed by atoms with E-state index in [4.69, 9.17) is 5.11 Å². The summed E-state index contributed by atoms with van der Waals surface area (Å²) in [5.41, 5.74) is -1.15. The van der Waals surface area contributed by atoms with E-state index in [2.05, 4.69) is 4.74 Å². The summed E-state index contributed by atoms with van der Waals surface area (Å²) in [6, 6.07) is 0. The Balaban J connectivity index is 3.80. The molecule has 1 unspecified atom stereocenters. The minimum absolute atomic E-state index is 0.0793. The molecule has 0 fully saturated rings. The standard InChI is InChI=1S/C7H14O4/c1-7(10,3-4-8)5-6(9)11-2/h8,10H,3-5H2,1-2H3. The van der Waals surface area contributed by atoms with Gasteiger partial charge in [0.15, 0.2) is 0 Å². The van der Waals surface area contributed by atoms with Crippen LogP contribution in [0.15, 0.2) is 0 Å². The van der Waals surface area contributed by atoms with Gasteiger partial charge >= 0.3 is 5.97 Å². The molecule has 2 N–H and O–H groups in total. The fraction of sp³-hybridized carbons (Fsp3) is 0.857. The molecule has 0 saturated heterocycles. The molecule has 0 spiro atoms. The van der Waals surface area contributed by atoms with Crippen LogP contribution in [-0.2, 0) is 9.53 Å². The lowest BCUT2D eigenvalue weighted by Crippen LogP contribution is -2.29. The Bertz CT molecular complexity index is 130. The summed E-state index contributed by atoms with van der Waals surface area (Å²) < 4.78 is 4.35. The fourth-order valence-electron chi connectivity index (χ4n) is 0.712. The number of aliphatic hydroxyl groups is 2. The molecule has 0 rings (SSSR count). The number of carbonyl (C=O) groups excluding carboxylic acids is 1. The first-order valence-corrected chi connectivity index (χ1v) is 3.42. The van der Waals surface area contributed by atoms with Crippen molar-refractivity contribution >= 4 is 5.97 Å². The zero-order chi connectivity index (χ0) is 8.91. The van der Waals surface area contributed by atoms with Crippen LogP contribution < -0.4 is 0 Å². The second-order valence-corrected chi connectivity index (χ2v) is 2.72. The SMILES string of the molecule is COC(=O)CC(C)(O)CCO. The topological polar surface area (TPSA) is 66.8 Å². The van der Waals surface area contributed by atoms with Gasteiger partial charge in [-0.3, -0.25) is 4.79 Å². The monoisotopic (exact) mass is 162 g/mol. The minimum Gasteiger partial charge on any atom is -0.469 e. The first-order valence-electron chi connectivity index (χ1n) is 3.42. The second kappa shape index (κ2) is 4.31. The molecule has 0 aliphatic heterocycles. The average molecular weight is 162 g/mol. The Kier molecular flexibility index (Phi) is 4.07. The minimum atomic E-state index is -1.15. The summed E-state index contributed by atoms with van der Waals surface area (Å²) in [7, 11) is 1.26. The van der Waals surface area contributed by atoms with Crippen LogP contribution in [0.1, 0.15) is 19.8 Å². The van der Waals surface area contributed by atoms with Crippen LogP contribution in [0.3, 0.4) is 0 Å². The summed E-state index contributed by atoms with van der Waals surface area (Å²) in [6.07, 6.45) is 0.103. The number of hydrogen-bond acceptors (Lipinski definition) is 4. The lowest BCUT2D eigenvalue weighted by molar-refractivity contribution is -0.146. The van der Waals surface area contributed by atoms with Crippen LogP contribution in [0.5, 0.6) is 0 Å². The Morgan fingerprint density at radius 1 is 1.64 bits per heavy atom. The molecule has 0 aliphatic rings. The third kappa shape index (κ3) is 4.75. The molecule has 0 aliphatic carbocycles. The third-order valence-electron chi connectivity index (χ3n) is 1.40. The van der Waals surface area contributed by atoms with Crippen LogP contribution in [-0.4, -0.2) is 35.5 Å². The maximum absolute atomic E-state index is 10.6. The number of ether oxygens (including phenoxy) is 1. The van der Waals surface area contributed by atoms with Gasteiger partial charge in [-0.1, -0.05) is 0 Å². The second-order valence-electron chi connectivity index (χ2n) is 2.72. The van der Waals surface area contributed by atoms with E-state index in [0.29, 0.717) is 0 Å². The van der Waals surface area contributed by atoms with Crippen molar-refractivity contribution in [2.24, 2.45) is 0 Å². The van der Waals surface area contributed by atoms with Gasteiger partial charge in [-0.05, 0) is 13.3 Å². The van der Waals surface area contributed by atoms with Crippen molar-refractivity contribution in [3.05, 3.63) is 0 Å².